The second-order valence-corrected chi connectivity index (χ2v) is 8.73. The van der Waals surface area contributed by atoms with Crippen LogP contribution in [0.4, 0.5) is 5.69 Å². The third-order valence-electron chi connectivity index (χ3n) is 4.93. The van der Waals surface area contributed by atoms with Crippen molar-refractivity contribution in [2.45, 2.75) is 32.2 Å². The first-order chi connectivity index (χ1) is 16.1. The van der Waals surface area contributed by atoms with E-state index in [4.69, 9.17) is 4.74 Å². The number of ether oxygens (including phenoxy) is 1. The molecule has 1 heterocycles. The van der Waals surface area contributed by atoms with Gasteiger partial charge in [0.25, 0.3) is 0 Å². The first kappa shape index (κ1) is 22.6. The van der Waals surface area contributed by atoms with E-state index >= 15 is 0 Å². The maximum atomic E-state index is 12.6. The van der Waals surface area contributed by atoms with E-state index in [9.17, 15) is 4.79 Å². The normalized spacial score (nSPS) is 10.7. The van der Waals surface area contributed by atoms with Crippen molar-refractivity contribution in [3.05, 3.63) is 101 Å². The van der Waals surface area contributed by atoms with Crippen molar-refractivity contribution in [2.24, 2.45) is 0 Å². The van der Waals surface area contributed by atoms with Gasteiger partial charge in [-0.05, 0) is 54.8 Å². The molecule has 1 aromatic heterocycles. The number of aryl methyl sites for hydroxylation is 2. The molecule has 0 aliphatic rings. The highest BCUT2D eigenvalue weighted by Crippen LogP contribution is 2.21. The van der Waals surface area contributed by atoms with E-state index in [0.717, 1.165) is 28.1 Å². The van der Waals surface area contributed by atoms with Crippen LogP contribution in [-0.4, -0.2) is 26.4 Å². The highest BCUT2D eigenvalue weighted by Gasteiger charge is 2.16. The summed E-state index contributed by atoms with van der Waals surface area (Å²) in [6, 6.07) is 25.7. The van der Waals surface area contributed by atoms with Gasteiger partial charge in [0.15, 0.2) is 11.0 Å². The number of carbonyl (C=O) groups is 1. The molecule has 4 rings (SSSR count). The van der Waals surface area contributed by atoms with E-state index in [0.29, 0.717) is 24.1 Å². The fourth-order valence-electron chi connectivity index (χ4n) is 3.50. The molecular weight excluding hydrogens is 432 g/mol. The Morgan fingerprint density at radius 3 is 2.30 bits per heavy atom. The number of nitrogens with one attached hydrogen (secondary N) is 1. The highest BCUT2D eigenvalue weighted by molar-refractivity contribution is 7.99. The molecule has 0 aliphatic heterocycles. The van der Waals surface area contributed by atoms with Gasteiger partial charge in [0.2, 0.25) is 5.91 Å². The molecule has 3 aromatic carbocycles. The lowest BCUT2D eigenvalue weighted by Gasteiger charge is -2.12. The molecule has 33 heavy (non-hydrogen) atoms. The van der Waals surface area contributed by atoms with E-state index in [-0.39, 0.29) is 11.7 Å². The van der Waals surface area contributed by atoms with Crippen LogP contribution in [0.2, 0.25) is 0 Å². The molecule has 0 aliphatic carbocycles. The summed E-state index contributed by atoms with van der Waals surface area (Å²) in [6.07, 6.45) is 0. The van der Waals surface area contributed by atoms with Crippen LogP contribution in [0.1, 0.15) is 22.5 Å². The van der Waals surface area contributed by atoms with Gasteiger partial charge in [0.05, 0.1) is 12.3 Å². The third-order valence-corrected chi connectivity index (χ3v) is 5.89. The van der Waals surface area contributed by atoms with Crippen LogP contribution in [0.15, 0.2) is 84.0 Å². The van der Waals surface area contributed by atoms with Gasteiger partial charge in [0.1, 0.15) is 12.4 Å². The van der Waals surface area contributed by atoms with Gasteiger partial charge in [-0.2, -0.15) is 0 Å². The minimum absolute atomic E-state index is 0.0821. The van der Waals surface area contributed by atoms with Crippen LogP contribution in [0.3, 0.4) is 0 Å². The smallest absolute Gasteiger partial charge is 0.234 e. The number of hydrogen-bond donors (Lipinski definition) is 1. The van der Waals surface area contributed by atoms with Crippen molar-refractivity contribution in [3.63, 3.8) is 0 Å². The fraction of sp³-hybridized carbons (Fsp3) is 0.192. The number of anilines is 1. The van der Waals surface area contributed by atoms with Crippen molar-refractivity contribution < 1.29 is 9.53 Å². The van der Waals surface area contributed by atoms with Crippen molar-refractivity contribution in [1.82, 2.24) is 14.8 Å². The van der Waals surface area contributed by atoms with E-state index in [1.165, 1.54) is 11.8 Å². The molecule has 0 fully saturated rings. The zero-order valence-electron chi connectivity index (χ0n) is 18.7. The van der Waals surface area contributed by atoms with Crippen molar-refractivity contribution in [3.8, 4) is 5.75 Å². The summed E-state index contributed by atoms with van der Waals surface area (Å²) in [5.41, 5.74) is 4.16. The minimum Gasteiger partial charge on any atom is -0.486 e. The molecule has 1 N–H and O–H groups in total. The second-order valence-electron chi connectivity index (χ2n) is 7.79. The maximum Gasteiger partial charge on any atom is 0.234 e. The van der Waals surface area contributed by atoms with E-state index in [1.54, 1.807) is 0 Å². The van der Waals surface area contributed by atoms with Gasteiger partial charge >= 0.3 is 0 Å². The predicted molar refractivity (Wildman–Crippen MR) is 132 cm³/mol. The highest BCUT2D eigenvalue weighted by atomic mass is 32.2. The fourth-order valence-corrected chi connectivity index (χ4v) is 4.25. The van der Waals surface area contributed by atoms with Crippen LogP contribution in [-0.2, 0) is 17.9 Å². The van der Waals surface area contributed by atoms with Gasteiger partial charge in [-0.15, -0.1) is 10.2 Å². The quantitative estimate of drug-likeness (QED) is 0.347. The number of benzene rings is 3. The lowest BCUT2D eigenvalue weighted by Crippen LogP contribution is -2.15. The summed E-state index contributed by atoms with van der Waals surface area (Å²) < 4.78 is 7.91. The molecule has 6 nitrogen and oxygen atoms in total. The van der Waals surface area contributed by atoms with Crippen LogP contribution in [0.5, 0.6) is 5.75 Å². The number of para-hydroxylation sites is 1. The van der Waals surface area contributed by atoms with Crippen molar-refractivity contribution >= 4 is 23.4 Å². The topological polar surface area (TPSA) is 69.0 Å². The maximum absolute atomic E-state index is 12.6. The Bertz CT molecular complexity index is 1190. The Morgan fingerprint density at radius 2 is 1.61 bits per heavy atom. The van der Waals surface area contributed by atoms with E-state index in [2.05, 4.69) is 33.7 Å². The van der Waals surface area contributed by atoms with E-state index in [1.807, 2.05) is 79.1 Å². The van der Waals surface area contributed by atoms with Crippen molar-refractivity contribution in [2.75, 3.05) is 11.1 Å². The Balaban J connectivity index is 1.46. The molecule has 7 heteroatoms. The summed E-state index contributed by atoms with van der Waals surface area (Å²) in [5.74, 6) is 1.63. The molecule has 168 valence electrons. The number of amides is 1. The number of nitrogens with zero attached hydrogens (tertiary/aromatic N) is 3. The van der Waals surface area contributed by atoms with Crippen LogP contribution >= 0.6 is 11.8 Å². The van der Waals surface area contributed by atoms with Gasteiger partial charge in [-0.25, -0.2) is 0 Å². The lowest BCUT2D eigenvalue weighted by atomic mass is 10.1. The number of hydrogen-bond acceptors (Lipinski definition) is 5. The molecular formula is C26H26N4O2S. The zero-order chi connectivity index (χ0) is 23.0. The van der Waals surface area contributed by atoms with Gasteiger partial charge in [-0.1, -0.05) is 66.4 Å². The number of aromatic nitrogens is 3. The predicted octanol–water partition coefficient (Wildman–Crippen LogP) is 5.25. The van der Waals surface area contributed by atoms with Gasteiger partial charge in [-0.3, -0.25) is 9.36 Å². The summed E-state index contributed by atoms with van der Waals surface area (Å²) in [6.45, 7) is 4.92. The van der Waals surface area contributed by atoms with Gasteiger partial charge in [0, 0.05) is 5.69 Å². The Labute approximate surface area is 198 Å². The van der Waals surface area contributed by atoms with E-state index < -0.39 is 0 Å². The van der Waals surface area contributed by atoms with Gasteiger partial charge < -0.3 is 10.1 Å². The number of thioether (sulfide) groups is 1. The Kier molecular flexibility index (Phi) is 7.42. The Hall–Kier alpha value is -3.58. The molecule has 0 radical (unpaired) electrons. The average molecular weight is 459 g/mol. The summed E-state index contributed by atoms with van der Waals surface area (Å²) >= 11 is 1.37. The standard InChI is InChI=1S/C26H26N4O2S/c1-19-13-20(2)15-22(14-19)27-25(31)18-33-26-29-28-24(17-32-23-11-7-4-8-12-23)30(26)16-21-9-5-3-6-10-21/h3-15H,16-18H2,1-2H3,(H,27,31). The molecule has 0 saturated carbocycles. The van der Waals surface area contributed by atoms with Crippen LogP contribution in [0.25, 0.3) is 0 Å². The van der Waals surface area contributed by atoms with Crippen molar-refractivity contribution in [1.29, 1.82) is 0 Å². The number of carbonyl (C=O) groups excluding carboxylic acids is 1. The molecule has 0 saturated heterocycles. The number of rotatable bonds is 9. The molecule has 0 atom stereocenters. The lowest BCUT2D eigenvalue weighted by molar-refractivity contribution is -0.113. The minimum atomic E-state index is -0.0821. The Morgan fingerprint density at radius 1 is 0.939 bits per heavy atom. The zero-order valence-corrected chi connectivity index (χ0v) is 19.5. The average Bonchev–Trinajstić information content (AvgIpc) is 3.18. The SMILES string of the molecule is Cc1cc(C)cc(NC(=O)CSc2nnc(COc3ccccc3)n2Cc2ccccc2)c1. The molecule has 1 amide bonds. The largest absolute Gasteiger partial charge is 0.486 e. The molecule has 0 spiro atoms. The second kappa shape index (κ2) is 10.8. The summed E-state index contributed by atoms with van der Waals surface area (Å²) in [5, 5.41) is 12.4. The molecule has 0 unspecified atom stereocenters. The first-order valence-corrected chi connectivity index (χ1v) is 11.7. The first-order valence-electron chi connectivity index (χ1n) is 10.7. The van der Waals surface area contributed by atoms with Crippen LogP contribution in [0, 0.1) is 13.8 Å². The monoisotopic (exact) mass is 458 g/mol. The molecule has 4 aromatic rings. The molecule has 0 bridgehead atoms. The summed E-state index contributed by atoms with van der Waals surface area (Å²) in [7, 11) is 0. The summed E-state index contributed by atoms with van der Waals surface area (Å²) in [4.78, 5) is 12.6. The third kappa shape index (κ3) is 6.46. The van der Waals surface area contributed by atoms with Crippen LogP contribution < -0.4 is 10.1 Å².